The van der Waals surface area contributed by atoms with E-state index in [0.29, 0.717) is 18.2 Å². The van der Waals surface area contributed by atoms with Crippen LogP contribution in [0.2, 0.25) is 0 Å². The van der Waals surface area contributed by atoms with Gasteiger partial charge in [-0.15, -0.1) is 11.3 Å². The first-order valence-corrected chi connectivity index (χ1v) is 8.57. The fourth-order valence-corrected chi connectivity index (χ4v) is 6.04. The van der Waals surface area contributed by atoms with E-state index in [9.17, 15) is 4.79 Å². The zero-order valence-corrected chi connectivity index (χ0v) is 12.7. The molecule has 106 valence electrons. The molecule has 2 bridgehead atoms. The molecule has 1 aromatic heterocycles. The average Bonchev–Trinajstić information content (AvgIpc) is 2.94. The van der Waals surface area contributed by atoms with Gasteiger partial charge in [0, 0.05) is 40.5 Å². The molecule has 0 saturated carbocycles. The van der Waals surface area contributed by atoms with E-state index in [-0.39, 0.29) is 5.41 Å². The topological polar surface area (TPSA) is 20.3 Å². The lowest BCUT2D eigenvalue weighted by molar-refractivity contribution is -0.114. The van der Waals surface area contributed by atoms with Crippen molar-refractivity contribution in [3.05, 3.63) is 46.9 Å². The molecule has 1 saturated heterocycles. The number of hydrogen-bond acceptors (Lipinski definition) is 3. The van der Waals surface area contributed by atoms with Crippen LogP contribution in [0.25, 0.3) is 10.1 Å². The van der Waals surface area contributed by atoms with Crippen LogP contribution >= 0.6 is 11.3 Å². The Bertz CT molecular complexity index is 790. The van der Waals surface area contributed by atoms with Gasteiger partial charge < -0.3 is 0 Å². The Kier molecular flexibility index (Phi) is 2.34. The summed E-state index contributed by atoms with van der Waals surface area (Å²) in [5, 5.41) is 1.42. The number of ketones is 1. The van der Waals surface area contributed by atoms with Gasteiger partial charge in [0.1, 0.15) is 0 Å². The molecule has 3 heteroatoms. The van der Waals surface area contributed by atoms with E-state index in [1.165, 1.54) is 33.5 Å². The summed E-state index contributed by atoms with van der Waals surface area (Å²) in [7, 11) is 0. The SMILES string of the molecule is O=C1C=C[C@]23CCN(Cc4c2sc2ccccc42)[C@H]3CC1. The molecule has 3 aliphatic rings. The van der Waals surface area contributed by atoms with Crippen molar-refractivity contribution in [2.45, 2.75) is 37.3 Å². The van der Waals surface area contributed by atoms with Crippen LogP contribution in [-0.2, 0) is 16.8 Å². The maximum Gasteiger partial charge on any atom is 0.155 e. The number of carbonyl (C=O) groups excluding carboxylic acids is 1. The van der Waals surface area contributed by atoms with Crippen LogP contribution < -0.4 is 0 Å². The summed E-state index contributed by atoms with van der Waals surface area (Å²) in [5.74, 6) is 0.299. The largest absolute Gasteiger partial charge is 0.295 e. The van der Waals surface area contributed by atoms with Gasteiger partial charge in [0.2, 0.25) is 0 Å². The Morgan fingerprint density at radius 3 is 3.14 bits per heavy atom. The molecule has 0 spiro atoms. The lowest BCUT2D eigenvalue weighted by atomic mass is 9.74. The summed E-state index contributed by atoms with van der Waals surface area (Å²) in [6.45, 7) is 2.23. The van der Waals surface area contributed by atoms with E-state index in [4.69, 9.17) is 0 Å². The van der Waals surface area contributed by atoms with Gasteiger partial charge in [-0.05, 0) is 35.9 Å². The number of hydrogen-bond donors (Lipinski definition) is 0. The summed E-state index contributed by atoms with van der Waals surface area (Å²) < 4.78 is 1.40. The molecule has 0 N–H and O–H groups in total. The highest BCUT2D eigenvalue weighted by Gasteiger charge is 2.52. The minimum atomic E-state index is 0.101. The predicted octanol–water partition coefficient (Wildman–Crippen LogP) is 3.65. The fraction of sp³-hybridized carbons (Fsp3) is 0.389. The van der Waals surface area contributed by atoms with Gasteiger partial charge in [0.05, 0.1) is 0 Å². The Hall–Kier alpha value is -1.45. The smallest absolute Gasteiger partial charge is 0.155 e. The zero-order valence-electron chi connectivity index (χ0n) is 11.8. The van der Waals surface area contributed by atoms with E-state index in [0.717, 1.165) is 13.0 Å². The normalized spacial score (nSPS) is 33.8. The number of carbonyl (C=O) groups is 1. The number of thiophene rings is 1. The summed E-state index contributed by atoms with van der Waals surface area (Å²) >= 11 is 1.96. The minimum absolute atomic E-state index is 0.101. The van der Waals surface area contributed by atoms with Crippen LogP contribution in [-0.4, -0.2) is 23.3 Å². The molecular weight excluding hydrogens is 278 g/mol. The van der Waals surface area contributed by atoms with Gasteiger partial charge in [-0.3, -0.25) is 9.69 Å². The second-order valence-electron chi connectivity index (χ2n) is 6.52. The molecule has 3 heterocycles. The van der Waals surface area contributed by atoms with E-state index in [1.54, 1.807) is 0 Å². The first-order chi connectivity index (χ1) is 10.3. The highest BCUT2D eigenvalue weighted by Crippen LogP contribution is 2.54. The Balaban J connectivity index is 1.81. The molecule has 5 rings (SSSR count). The van der Waals surface area contributed by atoms with Crippen molar-refractivity contribution < 1.29 is 4.79 Å². The Morgan fingerprint density at radius 2 is 2.19 bits per heavy atom. The number of nitrogens with zero attached hydrogens (tertiary/aromatic N) is 1. The quantitative estimate of drug-likeness (QED) is 0.739. The zero-order chi connectivity index (χ0) is 14.0. The van der Waals surface area contributed by atoms with Crippen LogP contribution in [0.1, 0.15) is 29.7 Å². The first kappa shape index (κ1) is 12.1. The van der Waals surface area contributed by atoms with Crippen LogP contribution in [0.4, 0.5) is 0 Å². The summed E-state index contributed by atoms with van der Waals surface area (Å²) in [4.78, 5) is 16.0. The third-order valence-electron chi connectivity index (χ3n) is 5.56. The molecule has 1 unspecified atom stereocenters. The molecule has 1 fully saturated rings. The second-order valence-corrected chi connectivity index (χ2v) is 7.57. The van der Waals surface area contributed by atoms with Gasteiger partial charge in [0.25, 0.3) is 0 Å². The number of allylic oxidation sites excluding steroid dienone is 1. The molecule has 2 aromatic rings. The average molecular weight is 295 g/mol. The molecule has 21 heavy (non-hydrogen) atoms. The summed E-state index contributed by atoms with van der Waals surface area (Å²) in [6, 6.07) is 9.29. The number of fused-ring (bicyclic) bond motifs is 3. The molecule has 2 nitrogen and oxygen atoms in total. The van der Waals surface area contributed by atoms with Gasteiger partial charge in [-0.1, -0.05) is 24.3 Å². The fourth-order valence-electron chi connectivity index (χ4n) is 4.58. The third-order valence-corrected chi connectivity index (χ3v) is 6.97. The van der Waals surface area contributed by atoms with E-state index >= 15 is 0 Å². The molecule has 1 aliphatic carbocycles. The van der Waals surface area contributed by atoms with Crippen LogP contribution in [0.15, 0.2) is 36.4 Å². The van der Waals surface area contributed by atoms with Gasteiger partial charge in [-0.2, -0.15) is 0 Å². The first-order valence-electron chi connectivity index (χ1n) is 7.75. The number of benzene rings is 1. The Labute approximate surface area is 128 Å². The maximum absolute atomic E-state index is 11.9. The molecular formula is C18H17NOS. The monoisotopic (exact) mass is 295 g/mol. The van der Waals surface area contributed by atoms with Crippen LogP contribution in [0, 0.1) is 0 Å². The van der Waals surface area contributed by atoms with Crippen molar-refractivity contribution >= 4 is 27.2 Å². The highest BCUT2D eigenvalue weighted by atomic mass is 32.1. The lowest BCUT2D eigenvalue weighted by Crippen LogP contribution is -2.44. The van der Waals surface area contributed by atoms with Crippen molar-refractivity contribution in [2.24, 2.45) is 0 Å². The minimum Gasteiger partial charge on any atom is -0.295 e. The van der Waals surface area contributed by atoms with Crippen molar-refractivity contribution in [1.29, 1.82) is 0 Å². The molecule has 0 amide bonds. The molecule has 1 aromatic carbocycles. The van der Waals surface area contributed by atoms with Crippen molar-refractivity contribution in [3.63, 3.8) is 0 Å². The van der Waals surface area contributed by atoms with Gasteiger partial charge in [-0.25, -0.2) is 0 Å². The number of rotatable bonds is 0. The van der Waals surface area contributed by atoms with Crippen molar-refractivity contribution in [2.75, 3.05) is 6.54 Å². The van der Waals surface area contributed by atoms with E-state index in [1.807, 2.05) is 17.4 Å². The predicted molar refractivity (Wildman–Crippen MR) is 85.7 cm³/mol. The van der Waals surface area contributed by atoms with Gasteiger partial charge in [0.15, 0.2) is 5.78 Å². The Morgan fingerprint density at radius 1 is 1.29 bits per heavy atom. The standard InChI is InChI=1S/C18H17NOS/c20-12-5-6-16-18(8-7-12)9-10-19(16)11-14-13-3-1-2-4-15(13)21-17(14)18/h1-4,7-8,16H,5-6,9-11H2/t16-,18+/m0/s1. The van der Waals surface area contributed by atoms with Crippen LogP contribution in [0.3, 0.4) is 0 Å². The van der Waals surface area contributed by atoms with Crippen molar-refractivity contribution in [1.82, 2.24) is 4.90 Å². The molecule has 3 atom stereocenters. The lowest BCUT2D eigenvalue weighted by Gasteiger charge is -2.40. The molecule has 2 aliphatic heterocycles. The van der Waals surface area contributed by atoms with E-state index < -0.39 is 0 Å². The second kappa shape index (κ2) is 4.05. The summed E-state index contributed by atoms with van der Waals surface area (Å²) in [6.07, 6.45) is 7.00. The third kappa shape index (κ3) is 1.48. The van der Waals surface area contributed by atoms with Gasteiger partial charge >= 0.3 is 0 Å². The van der Waals surface area contributed by atoms with Crippen molar-refractivity contribution in [3.8, 4) is 0 Å². The summed E-state index contributed by atoms with van der Waals surface area (Å²) in [5.41, 5.74) is 1.62. The molecule has 0 radical (unpaired) electrons. The maximum atomic E-state index is 11.9. The highest BCUT2D eigenvalue weighted by molar-refractivity contribution is 7.19. The van der Waals surface area contributed by atoms with Crippen LogP contribution in [0.5, 0.6) is 0 Å². The van der Waals surface area contributed by atoms with E-state index in [2.05, 4.69) is 35.2 Å².